The van der Waals surface area contributed by atoms with Crippen LogP contribution in [0.3, 0.4) is 0 Å². The number of carboxylic acid groups (broad SMARTS) is 1. The second-order valence-corrected chi connectivity index (χ2v) is 8.81. The zero-order chi connectivity index (χ0) is 23.7. The Morgan fingerprint density at radius 3 is 2.82 bits per heavy atom. The van der Waals surface area contributed by atoms with Gasteiger partial charge in [-0.15, -0.1) is 0 Å². The Hall–Kier alpha value is -3.25. The Morgan fingerprint density at radius 2 is 2.21 bits per heavy atom. The van der Waals surface area contributed by atoms with Crippen LogP contribution in [-0.2, 0) is 0 Å². The normalized spacial score (nSPS) is 18.2. The summed E-state index contributed by atoms with van der Waals surface area (Å²) in [5, 5.41) is 12.7. The van der Waals surface area contributed by atoms with E-state index in [0.29, 0.717) is 45.8 Å². The topological polar surface area (TPSA) is 133 Å². The predicted octanol–water partition coefficient (Wildman–Crippen LogP) is 3.60. The lowest BCUT2D eigenvalue weighted by molar-refractivity contribution is 0.0893. The molecular formula is C20H20ClFN6O4S. The second kappa shape index (κ2) is 9.32. The van der Waals surface area contributed by atoms with Crippen LogP contribution < -0.4 is 15.0 Å². The van der Waals surface area contributed by atoms with Crippen LogP contribution in [0, 0.1) is 13.8 Å². The van der Waals surface area contributed by atoms with Gasteiger partial charge in [-0.3, -0.25) is 4.79 Å². The molecule has 174 valence electrons. The van der Waals surface area contributed by atoms with Gasteiger partial charge in [0.25, 0.3) is 5.91 Å². The van der Waals surface area contributed by atoms with Crippen molar-refractivity contribution in [1.82, 2.24) is 25.3 Å². The number of aromatic nitrogens is 4. The number of piperidine rings is 1. The maximum absolute atomic E-state index is 15.0. The zero-order valence-electron chi connectivity index (χ0n) is 17.6. The molecule has 33 heavy (non-hydrogen) atoms. The number of halogens is 2. The lowest BCUT2D eigenvalue weighted by atomic mass is 10.0. The number of amides is 1. The van der Waals surface area contributed by atoms with E-state index < -0.39 is 24.3 Å². The first-order chi connectivity index (χ1) is 15.7. The summed E-state index contributed by atoms with van der Waals surface area (Å²) >= 11 is 7.13. The van der Waals surface area contributed by atoms with Crippen molar-refractivity contribution in [3.63, 3.8) is 0 Å². The SMILES string of the molecule is Cc1[nH]c(C(=O)N[C@@H]2CCN(c3nc(-c4ccncn4)c(OC(=O)O)s3)C[C@@H]2F)c(C)c1Cl. The minimum Gasteiger partial charge on any atom is -0.449 e. The van der Waals surface area contributed by atoms with E-state index in [0.717, 1.165) is 11.3 Å². The number of carbonyl (C=O) groups excluding carboxylic acids is 1. The third kappa shape index (κ3) is 4.76. The number of aromatic amines is 1. The third-order valence-corrected chi connectivity index (χ3v) is 6.85. The first kappa shape index (κ1) is 22.9. The number of H-pyrrole nitrogens is 1. The first-order valence-corrected chi connectivity index (χ1v) is 11.2. The van der Waals surface area contributed by atoms with E-state index in [-0.39, 0.29) is 17.3 Å². The number of alkyl halides is 1. The molecule has 0 radical (unpaired) electrons. The number of ether oxygens (including phenoxy) is 1. The summed E-state index contributed by atoms with van der Waals surface area (Å²) in [7, 11) is 0. The van der Waals surface area contributed by atoms with Crippen molar-refractivity contribution in [2.75, 3.05) is 18.0 Å². The highest BCUT2D eigenvalue weighted by Gasteiger charge is 2.33. The molecule has 0 spiro atoms. The number of carbonyl (C=O) groups is 2. The maximum Gasteiger partial charge on any atom is 0.512 e. The summed E-state index contributed by atoms with van der Waals surface area (Å²) in [4.78, 5) is 40.7. The summed E-state index contributed by atoms with van der Waals surface area (Å²) < 4.78 is 19.9. The smallest absolute Gasteiger partial charge is 0.449 e. The standard InChI is InChI=1S/C20H20ClFN6O4S/c1-9-14(21)10(2)25-15(9)17(29)26-12-4-6-28(7-11(12)22)19-27-16(13-3-5-23-8-24-13)18(33-19)32-20(30)31/h3,5,8,11-12,25H,4,6-7H2,1-2H3,(H,26,29)(H,30,31)/t11-,12+/m0/s1. The molecule has 4 heterocycles. The molecule has 1 aliphatic heterocycles. The monoisotopic (exact) mass is 494 g/mol. The van der Waals surface area contributed by atoms with Crippen molar-refractivity contribution in [2.24, 2.45) is 0 Å². The lowest BCUT2D eigenvalue weighted by Crippen LogP contribution is -2.52. The van der Waals surface area contributed by atoms with Crippen molar-refractivity contribution >= 4 is 40.1 Å². The Balaban J connectivity index is 1.48. The minimum atomic E-state index is -1.49. The molecule has 3 N–H and O–H groups in total. The number of rotatable bonds is 5. The van der Waals surface area contributed by atoms with Crippen LogP contribution >= 0.6 is 22.9 Å². The van der Waals surface area contributed by atoms with E-state index in [4.69, 9.17) is 21.4 Å². The maximum atomic E-state index is 15.0. The molecule has 13 heteroatoms. The number of nitrogens with one attached hydrogen (secondary N) is 2. The highest BCUT2D eigenvalue weighted by Crippen LogP contribution is 2.39. The molecule has 3 aromatic heterocycles. The summed E-state index contributed by atoms with van der Waals surface area (Å²) in [5.74, 6) is -0.416. The molecule has 1 saturated heterocycles. The third-order valence-electron chi connectivity index (χ3n) is 5.29. The van der Waals surface area contributed by atoms with Gasteiger partial charge in [-0.05, 0) is 31.9 Å². The van der Waals surface area contributed by atoms with Gasteiger partial charge in [-0.25, -0.2) is 24.1 Å². The molecule has 1 fully saturated rings. The first-order valence-electron chi connectivity index (χ1n) is 9.97. The van der Waals surface area contributed by atoms with Gasteiger partial charge in [-0.1, -0.05) is 22.9 Å². The van der Waals surface area contributed by atoms with Crippen LogP contribution in [0.15, 0.2) is 18.6 Å². The van der Waals surface area contributed by atoms with Crippen LogP contribution in [0.4, 0.5) is 14.3 Å². The summed E-state index contributed by atoms with van der Waals surface area (Å²) in [6.45, 7) is 3.86. The van der Waals surface area contributed by atoms with E-state index in [1.807, 2.05) is 0 Å². The molecule has 0 bridgehead atoms. The van der Waals surface area contributed by atoms with Gasteiger partial charge in [-0.2, -0.15) is 0 Å². The number of aryl methyl sites for hydroxylation is 1. The van der Waals surface area contributed by atoms with Crippen molar-refractivity contribution in [2.45, 2.75) is 32.5 Å². The van der Waals surface area contributed by atoms with Gasteiger partial charge in [0.2, 0.25) is 5.06 Å². The largest absolute Gasteiger partial charge is 0.512 e. The zero-order valence-corrected chi connectivity index (χ0v) is 19.2. The number of hydrogen-bond acceptors (Lipinski definition) is 8. The Bertz CT molecular complexity index is 1190. The molecule has 3 aromatic rings. The van der Waals surface area contributed by atoms with Gasteiger partial charge in [0.1, 0.15) is 23.9 Å². The van der Waals surface area contributed by atoms with Crippen LogP contribution in [0.25, 0.3) is 11.4 Å². The molecule has 0 aliphatic carbocycles. The fraction of sp³-hybridized carbons (Fsp3) is 0.350. The van der Waals surface area contributed by atoms with E-state index in [9.17, 15) is 9.59 Å². The van der Waals surface area contributed by atoms with Crippen molar-refractivity contribution < 1.29 is 23.8 Å². The fourth-order valence-corrected chi connectivity index (χ4v) is 4.71. The molecular weight excluding hydrogens is 475 g/mol. The van der Waals surface area contributed by atoms with E-state index >= 15 is 4.39 Å². The number of anilines is 1. The predicted molar refractivity (Wildman–Crippen MR) is 120 cm³/mol. The molecule has 0 aromatic carbocycles. The Morgan fingerprint density at radius 1 is 1.42 bits per heavy atom. The average Bonchev–Trinajstić information content (AvgIpc) is 3.31. The average molecular weight is 495 g/mol. The molecule has 10 nitrogen and oxygen atoms in total. The number of nitrogens with zero attached hydrogens (tertiary/aromatic N) is 4. The number of hydrogen-bond donors (Lipinski definition) is 3. The van der Waals surface area contributed by atoms with Crippen molar-refractivity contribution in [3.8, 4) is 16.5 Å². The van der Waals surface area contributed by atoms with Crippen LogP contribution in [0.5, 0.6) is 5.06 Å². The van der Waals surface area contributed by atoms with Gasteiger partial charge in [0.05, 0.1) is 23.3 Å². The van der Waals surface area contributed by atoms with E-state index in [1.54, 1.807) is 24.8 Å². The van der Waals surface area contributed by atoms with Crippen molar-refractivity contribution in [3.05, 3.63) is 40.6 Å². The second-order valence-electron chi connectivity index (χ2n) is 7.49. The molecule has 1 amide bonds. The highest BCUT2D eigenvalue weighted by molar-refractivity contribution is 7.18. The Kier molecular flexibility index (Phi) is 6.47. The molecule has 0 saturated carbocycles. The summed E-state index contributed by atoms with van der Waals surface area (Å²) in [6.07, 6.45) is 0.283. The van der Waals surface area contributed by atoms with Gasteiger partial charge in [0.15, 0.2) is 5.13 Å². The van der Waals surface area contributed by atoms with Gasteiger partial charge < -0.3 is 25.0 Å². The van der Waals surface area contributed by atoms with Gasteiger partial charge in [0, 0.05) is 18.4 Å². The molecule has 0 unspecified atom stereocenters. The quantitative estimate of drug-likeness (QED) is 0.458. The molecule has 1 aliphatic rings. The lowest BCUT2D eigenvalue weighted by Gasteiger charge is -2.34. The van der Waals surface area contributed by atoms with Gasteiger partial charge >= 0.3 is 6.16 Å². The molecule has 2 atom stereocenters. The van der Waals surface area contributed by atoms with Crippen LogP contribution in [0.1, 0.15) is 28.2 Å². The van der Waals surface area contributed by atoms with E-state index in [1.165, 1.54) is 12.5 Å². The van der Waals surface area contributed by atoms with Crippen molar-refractivity contribution in [1.29, 1.82) is 0 Å². The summed E-state index contributed by atoms with van der Waals surface area (Å²) in [6, 6.07) is 0.885. The van der Waals surface area contributed by atoms with Crippen LogP contribution in [-0.4, -0.2) is 62.4 Å². The number of thiazole rings is 1. The summed E-state index contributed by atoms with van der Waals surface area (Å²) in [5.41, 5.74) is 2.23. The Labute approximate surface area is 196 Å². The van der Waals surface area contributed by atoms with E-state index in [2.05, 4.69) is 25.3 Å². The fourth-order valence-electron chi connectivity index (χ4n) is 3.61. The molecule has 4 rings (SSSR count). The minimum absolute atomic E-state index is 0.0301. The highest BCUT2D eigenvalue weighted by atomic mass is 35.5. The van der Waals surface area contributed by atoms with Crippen LogP contribution in [0.2, 0.25) is 5.02 Å².